The summed E-state index contributed by atoms with van der Waals surface area (Å²) in [7, 11) is 0. The Morgan fingerprint density at radius 2 is 0.929 bits per heavy atom. The fourth-order valence-corrected chi connectivity index (χ4v) is 17.0. The van der Waals surface area contributed by atoms with Gasteiger partial charge < -0.3 is 14.4 Å². The molecule has 0 radical (unpaired) electrons. The summed E-state index contributed by atoms with van der Waals surface area (Å²) < 4.78 is 2.42. The first kappa shape index (κ1) is 58.1. The Balaban J connectivity index is 0.896. The molecule has 3 heteroatoms. The van der Waals surface area contributed by atoms with Crippen LogP contribution in [0.4, 0.5) is 34.1 Å². The predicted octanol–water partition coefficient (Wildman–Crippen LogP) is 25.8. The van der Waals surface area contributed by atoms with Crippen LogP contribution < -0.4 is 9.80 Å². The van der Waals surface area contributed by atoms with Crippen molar-refractivity contribution in [2.45, 2.75) is 25.2 Å². The molecule has 0 aliphatic heterocycles. The van der Waals surface area contributed by atoms with Gasteiger partial charge in [0.25, 0.3) is 0 Å². The second-order valence-electron chi connectivity index (χ2n) is 26.8. The highest BCUT2D eigenvalue weighted by molar-refractivity contribution is 6.15. The molecular formula is C96H69N3. The first-order valence-corrected chi connectivity index (χ1v) is 35.0. The standard InChI is InChI=1S/C96H69N3/c1-6-30-66(31-7-1)93(67-32-8-2-9-33-67)95-84-47-22-20-44-79(84)81-55-53-73(62-87(81)95)97(89-50-26-38-64-28-16-18-42-77(64)89)75-58-71(70-52-57-92-86(60-70)83-46-24-25-49-91(83)99(92)72-40-14-5-15-41-72)59-76(61-75)98(90-51-27-39-65-29-17-19-43-78(65)90)74-54-56-82-80-45-21-23-48-85(80)96(88(82)63-74)94(68-34-10-3-11-35-68)69-36-12-4-13-37-69/h1-3,5-12,14-34,36-63,68,94,96H,4,13,35H2. The van der Waals surface area contributed by atoms with E-state index in [0.717, 1.165) is 81.1 Å². The predicted molar refractivity (Wildman–Crippen MR) is 418 cm³/mol. The molecule has 0 bridgehead atoms. The number of benzene rings is 14. The number of rotatable bonds is 13. The van der Waals surface area contributed by atoms with E-state index in [1.165, 1.54) is 105 Å². The summed E-state index contributed by atoms with van der Waals surface area (Å²) >= 11 is 0. The maximum Gasteiger partial charge on any atom is 0.0541 e. The third-order valence-electron chi connectivity index (χ3n) is 21.3. The fourth-order valence-electron chi connectivity index (χ4n) is 17.0. The largest absolute Gasteiger partial charge is 0.310 e. The van der Waals surface area contributed by atoms with E-state index >= 15 is 0 Å². The number of allylic oxidation sites excluding steroid dienone is 8. The van der Waals surface area contributed by atoms with Gasteiger partial charge in [-0.25, -0.2) is 0 Å². The molecule has 15 aromatic rings. The van der Waals surface area contributed by atoms with E-state index < -0.39 is 0 Å². The molecule has 0 saturated carbocycles. The highest BCUT2D eigenvalue weighted by Crippen LogP contribution is 2.57. The highest BCUT2D eigenvalue weighted by atomic mass is 15.2. The maximum absolute atomic E-state index is 2.58. The highest BCUT2D eigenvalue weighted by Gasteiger charge is 2.40. The van der Waals surface area contributed by atoms with Gasteiger partial charge in [-0.15, -0.1) is 0 Å². The lowest BCUT2D eigenvalue weighted by molar-refractivity contribution is 0.418. The van der Waals surface area contributed by atoms with Crippen molar-refractivity contribution in [2.75, 3.05) is 9.80 Å². The Hall–Kier alpha value is -12.3. The molecule has 468 valence electrons. The monoisotopic (exact) mass is 1260 g/mol. The third kappa shape index (κ3) is 9.95. The fraction of sp³-hybridized carbons (Fsp3) is 0.0625. The molecule has 0 fully saturated rings. The molecule has 3 nitrogen and oxygen atoms in total. The van der Waals surface area contributed by atoms with Crippen molar-refractivity contribution >= 4 is 88.6 Å². The molecule has 19 rings (SSSR count). The van der Waals surface area contributed by atoms with E-state index in [4.69, 9.17) is 0 Å². The number of hydrogen-bond acceptors (Lipinski definition) is 2. The minimum Gasteiger partial charge on any atom is -0.310 e. The van der Waals surface area contributed by atoms with E-state index in [9.17, 15) is 0 Å². The lowest BCUT2D eigenvalue weighted by Gasteiger charge is -2.35. The summed E-state index contributed by atoms with van der Waals surface area (Å²) in [5.41, 5.74) is 28.7. The Morgan fingerprint density at radius 3 is 1.61 bits per heavy atom. The van der Waals surface area contributed by atoms with Crippen LogP contribution in [0.5, 0.6) is 0 Å². The average molecular weight is 1260 g/mol. The molecular weight excluding hydrogens is 1200 g/mol. The van der Waals surface area contributed by atoms with Gasteiger partial charge in [0, 0.05) is 61.8 Å². The molecule has 0 saturated heterocycles. The van der Waals surface area contributed by atoms with E-state index in [2.05, 4.69) is 378 Å². The van der Waals surface area contributed by atoms with E-state index in [0.29, 0.717) is 5.92 Å². The molecule has 99 heavy (non-hydrogen) atoms. The van der Waals surface area contributed by atoms with E-state index in [1.807, 2.05) is 0 Å². The summed E-state index contributed by atoms with van der Waals surface area (Å²) in [6.07, 6.45) is 19.9. The Kier molecular flexibility index (Phi) is 14.3. The topological polar surface area (TPSA) is 11.4 Å². The van der Waals surface area contributed by atoms with Crippen molar-refractivity contribution < 1.29 is 0 Å². The molecule has 14 aromatic carbocycles. The van der Waals surface area contributed by atoms with Crippen LogP contribution in [-0.4, -0.2) is 4.57 Å². The summed E-state index contributed by atoms with van der Waals surface area (Å²) in [4.78, 5) is 5.14. The zero-order valence-electron chi connectivity index (χ0n) is 54.8. The lowest BCUT2D eigenvalue weighted by atomic mass is 9.69. The van der Waals surface area contributed by atoms with E-state index in [1.54, 1.807) is 0 Å². The molecule has 4 aliphatic rings. The normalized spacial score (nSPS) is 15.2. The first-order valence-electron chi connectivity index (χ1n) is 35.0. The van der Waals surface area contributed by atoms with Gasteiger partial charge in [-0.1, -0.05) is 279 Å². The molecule has 3 unspecified atom stereocenters. The second kappa shape index (κ2) is 24.4. The number of nitrogens with zero attached hydrogens (tertiary/aromatic N) is 3. The zero-order valence-corrected chi connectivity index (χ0v) is 54.8. The summed E-state index contributed by atoms with van der Waals surface area (Å²) in [6.45, 7) is 0. The number of anilines is 6. The van der Waals surface area contributed by atoms with Crippen LogP contribution >= 0.6 is 0 Å². The van der Waals surface area contributed by atoms with Gasteiger partial charge in [0.05, 0.1) is 22.4 Å². The molecule has 0 N–H and O–H groups in total. The molecule has 0 amide bonds. The molecule has 4 aliphatic carbocycles. The molecule has 1 heterocycles. The van der Waals surface area contributed by atoms with Gasteiger partial charge >= 0.3 is 0 Å². The Labute approximate surface area is 578 Å². The van der Waals surface area contributed by atoms with Crippen molar-refractivity contribution in [3.05, 3.63) is 403 Å². The second-order valence-corrected chi connectivity index (χ2v) is 26.8. The molecule has 0 spiro atoms. The van der Waals surface area contributed by atoms with Crippen molar-refractivity contribution in [1.82, 2.24) is 4.57 Å². The minimum atomic E-state index is 0.114. The van der Waals surface area contributed by atoms with Crippen molar-refractivity contribution in [3.8, 4) is 39.1 Å². The van der Waals surface area contributed by atoms with Gasteiger partial charge in [-0.05, 0) is 204 Å². The van der Waals surface area contributed by atoms with Gasteiger partial charge in [-0.3, -0.25) is 0 Å². The van der Waals surface area contributed by atoms with Crippen LogP contribution in [0.3, 0.4) is 0 Å². The lowest BCUT2D eigenvalue weighted by Crippen LogP contribution is -2.24. The molecule has 3 atom stereocenters. The molecule has 1 aromatic heterocycles. The quantitative estimate of drug-likeness (QED) is 0.114. The number of para-hydroxylation sites is 2. The number of hydrogen-bond donors (Lipinski definition) is 0. The van der Waals surface area contributed by atoms with Crippen LogP contribution in [0.15, 0.2) is 370 Å². The van der Waals surface area contributed by atoms with Crippen LogP contribution in [0.2, 0.25) is 0 Å². The van der Waals surface area contributed by atoms with E-state index in [-0.39, 0.29) is 11.8 Å². The number of fused-ring (bicyclic) bond motifs is 11. The van der Waals surface area contributed by atoms with Crippen LogP contribution in [0.25, 0.3) is 93.6 Å². The number of aromatic nitrogens is 1. The SMILES string of the molecule is C1=CCC(C(C2=CCCC=C2)C2c3ccccc3-c3ccc(N(c4cc(-c5ccc6c(c5)c5ccccc5n6-c5ccccc5)cc(N(c5ccc6c(c5)C(=C(c5ccccc5)c5ccccc5)c5ccccc5-6)c5cccc6ccccc56)c4)c4cccc5ccccc45)cc32)C=C1. The van der Waals surface area contributed by atoms with Crippen molar-refractivity contribution in [2.24, 2.45) is 11.8 Å². The summed E-state index contributed by atoms with van der Waals surface area (Å²) in [5, 5.41) is 7.10. The smallest absolute Gasteiger partial charge is 0.0541 e. The van der Waals surface area contributed by atoms with Gasteiger partial charge in [0.2, 0.25) is 0 Å². The van der Waals surface area contributed by atoms with Gasteiger partial charge in [0.15, 0.2) is 0 Å². The van der Waals surface area contributed by atoms with Crippen molar-refractivity contribution in [3.63, 3.8) is 0 Å². The zero-order chi connectivity index (χ0) is 65.3. The Morgan fingerprint density at radius 1 is 0.364 bits per heavy atom. The average Bonchev–Trinajstić information content (AvgIpc) is 1.67. The first-order chi connectivity index (χ1) is 49.1. The van der Waals surface area contributed by atoms with Gasteiger partial charge in [0.1, 0.15) is 0 Å². The maximum atomic E-state index is 2.58. The van der Waals surface area contributed by atoms with Crippen LogP contribution in [-0.2, 0) is 0 Å². The van der Waals surface area contributed by atoms with Crippen molar-refractivity contribution in [1.29, 1.82) is 0 Å². The van der Waals surface area contributed by atoms with Gasteiger partial charge in [-0.2, -0.15) is 0 Å². The minimum absolute atomic E-state index is 0.114. The summed E-state index contributed by atoms with van der Waals surface area (Å²) in [6, 6.07) is 121. The van der Waals surface area contributed by atoms with Crippen LogP contribution in [0.1, 0.15) is 58.6 Å². The summed E-state index contributed by atoms with van der Waals surface area (Å²) in [5.74, 6) is 0.668. The Bertz CT molecular complexity index is 5810. The van der Waals surface area contributed by atoms with Crippen LogP contribution in [0, 0.1) is 11.8 Å². The third-order valence-corrected chi connectivity index (χ3v) is 21.3.